The normalized spacial score (nSPS) is 18.2. The van der Waals surface area contributed by atoms with Crippen molar-refractivity contribution >= 4 is 34.4 Å². The highest BCUT2D eigenvalue weighted by atomic mass is 16.5. The van der Waals surface area contributed by atoms with Crippen molar-refractivity contribution in [1.29, 1.82) is 0 Å². The Morgan fingerprint density at radius 3 is 2.17 bits per heavy atom. The van der Waals surface area contributed by atoms with Gasteiger partial charge in [-0.2, -0.15) is 0 Å². The third-order valence-corrected chi connectivity index (χ3v) is 13.2. The van der Waals surface area contributed by atoms with Gasteiger partial charge in [-0.1, -0.05) is 127 Å². The monoisotopic (exact) mass is 866 g/mol. The molecule has 7 atom stereocenters. The number of imidazole rings is 1. The van der Waals surface area contributed by atoms with E-state index in [1.165, 1.54) is 6.33 Å². The fourth-order valence-electron chi connectivity index (χ4n) is 9.29. The number of carbonyl (C=O) groups is 4. The van der Waals surface area contributed by atoms with Gasteiger partial charge in [-0.15, -0.1) is 0 Å². The Morgan fingerprint density at radius 1 is 0.794 bits per heavy atom. The highest BCUT2D eigenvalue weighted by Crippen LogP contribution is 2.34. The van der Waals surface area contributed by atoms with E-state index >= 15 is 0 Å². The van der Waals surface area contributed by atoms with E-state index in [4.69, 9.17) is 4.74 Å². The molecule has 2 aliphatic rings. The second kappa shape index (κ2) is 23.9. The number of amides is 4. The first-order chi connectivity index (χ1) is 30.6. The maximum absolute atomic E-state index is 14.5. The number of rotatable bonds is 22. The summed E-state index contributed by atoms with van der Waals surface area (Å²) < 4.78 is 5.95. The summed E-state index contributed by atoms with van der Waals surface area (Å²) in [6, 6.07) is 15.8. The Morgan fingerprint density at radius 2 is 1.49 bits per heavy atom. The molecule has 0 bridgehead atoms. The maximum Gasteiger partial charge on any atom is 0.258 e. The van der Waals surface area contributed by atoms with Crippen LogP contribution >= 0.6 is 0 Å². The molecule has 0 radical (unpaired) electrons. The molecule has 7 N–H and O–H groups in total. The fraction of sp³-hybridized carbons (Fsp3) is 0.551. The number of pyridine rings is 1. The van der Waals surface area contributed by atoms with Gasteiger partial charge in [0.25, 0.3) is 5.91 Å². The molecule has 2 aromatic carbocycles. The summed E-state index contributed by atoms with van der Waals surface area (Å²) in [6.07, 6.45) is 12.9. The molecule has 2 unspecified atom stereocenters. The van der Waals surface area contributed by atoms with Crippen LogP contribution in [0.15, 0.2) is 79.4 Å². The largest absolute Gasteiger partial charge is 0.483 e. The first kappa shape index (κ1) is 47.1. The standard InChI is InChI=1S/C49H67N7O7/c1-3-32(2)44(49(62)52-29-36-21-12-13-24-51-36)56-47(60)39(25-33-15-6-4-7-16-33)45(58)46(59)40(26-34-17-8-5-9-18-34)55-48(61)41(27-37-28-50-31-53-37)54-43(57)30-63-42-23-14-20-35-19-10-11-22-38(35)42/h10-14,19-24,28,31-34,39-41,44-46,58-59H,3-9,15-18,25-27,29-30H2,1-2H3,(H,50,53)(H,52,62)(H,54,57)(H,55,61)(H,56,60)/t32-,39-,40-,41-,44-,45?,46?/m0/s1. The second-order valence-electron chi connectivity index (χ2n) is 17.8. The van der Waals surface area contributed by atoms with E-state index in [0.29, 0.717) is 36.4 Å². The molecule has 340 valence electrons. The van der Waals surface area contributed by atoms with Crippen molar-refractivity contribution in [2.75, 3.05) is 6.61 Å². The van der Waals surface area contributed by atoms with Gasteiger partial charge in [0, 0.05) is 29.9 Å². The molecular formula is C49H67N7O7. The van der Waals surface area contributed by atoms with Crippen LogP contribution in [0.2, 0.25) is 0 Å². The number of H-pyrrole nitrogens is 1. The molecule has 0 aliphatic heterocycles. The smallest absolute Gasteiger partial charge is 0.258 e. The summed E-state index contributed by atoms with van der Waals surface area (Å²) in [4.78, 5) is 67.5. The number of fused-ring (bicyclic) bond motifs is 1. The molecule has 63 heavy (non-hydrogen) atoms. The zero-order valence-electron chi connectivity index (χ0n) is 36.8. The van der Waals surface area contributed by atoms with Crippen LogP contribution in [0.5, 0.6) is 5.75 Å². The van der Waals surface area contributed by atoms with E-state index in [0.717, 1.165) is 75.0 Å². The number of ether oxygens (including phenoxy) is 1. The Hall–Kier alpha value is -5.34. The number of hydrogen-bond acceptors (Lipinski definition) is 9. The topological polar surface area (TPSA) is 208 Å². The van der Waals surface area contributed by atoms with Gasteiger partial charge < -0.3 is 41.2 Å². The third kappa shape index (κ3) is 13.8. The van der Waals surface area contributed by atoms with Gasteiger partial charge in [0.1, 0.15) is 23.9 Å². The number of nitrogens with zero attached hydrogens (tertiary/aromatic N) is 2. The summed E-state index contributed by atoms with van der Waals surface area (Å²) in [7, 11) is 0. The zero-order chi connectivity index (χ0) is 44.6. The minimum absolute atomic E-state index is 0.0761. The lowest BCUT2D eigenvalue weighted by atomic mass is 9.77. The molecule has 0 saturated heterocycles. The van der Waals surface area contributed by atoms with E-state index in [1.807, 2.05) is 62.4 Å². The maximum atomic E-state index is 14.5. The summed E-state index contributed by atoms with van der Waals surface area (Å²) in [5, 5.41) is 38.1. The van der Waals surface area contributed by atoms with E-state index in [2.05, 4.69) is 36.2 Å². The molecule has 2 fully saturated rings. The number of nitrogens with one attached hydrogen (secondary N) is 5. The van der Waals surface area contributed by atoms with Crippen molar-refractivity contribution in [3.05, 3.63) is 90.8 Å². The lowest BCUT2D eigenvalue weighted by Gasteiger charge is -2.37. The van der Waals surface area contributed by atoms with Gasteiger partial charge in [0.15, 0.2) is 6.61 Å². The Kier molecular flexibility index (Phi) is 17.9. The first-order valence-electron chi connectivity index (χ1n) is 23.1. The van der Waals surface area contributed by atoms with Gasteiger partial charge in [-0.25, -0.2) is 4.98 Å². The molecule has 14 nitrogen and oxygen atoms in total. The second-order valence-corrected chi connectivity index (χ2v) is 17.8. The summed E-state index contributed by atoms with van der Waals surface area (Å²) >= 11 is 0. The molecule has 0 spiro atoms. The molecule has 2 heterocycles. The van der Waals surface area contributed by atoms with Gasteiger partial charge in [-0.3, -0.25) is 24.2 Å². The number of benzene rings is 2. The van der Waals surface area contributed by atoms with Crippen LogP contribution in [0.25, 0.3) is 10.8 Å². The number of aromatic amines is 1. The summed E-state index contributed by atoms with van der Waals surface area (Å²) in [6.45, 7) is 3.70. The summed E-state index contributed by atoms with van der Waals surface area (Å²) in [5.41, 5.74) is 1.29. The number of aromatic nitrogens is 3. The van der Waals surface area contributed by atoms with Crippen molar-refractivity contribution in [2.45, 2.75) is 141 Å². The highest BCUT2D eigenvalue weighted by Gasteiger charge is 2.41. The van der Waals surface area contributed by atoms with Crippen molar-refractivity contribution in [3.8, 4) is 5.75 Å². The minimum Gasteiger partial charge on any atom is -0.483 e. The first-order valence-corrected chi connectivity index (χ1v) is 23.1. The predicted octanol–water partition coefficient (Wildman–Crippen LogP) is 5.68. The third-order valence-electron chi connectivity index (χ3n) is 13.2. The van der Waals surface area contributed by atoms with Crippen LogP contribution in [0.3, 0.4) is 0 Å². The molecule has 2 saturated carbocycles. The van der Waals surface area contributed by atoms with Gasteiger partial charge in [-0.05, 0) is 54.2 Å². The van der Waals surface area contributed by atoms with E-state index in [1.54, 1.807) is 24.5 Å². The van der Waals surface area contributed by atoms with Gasteiger partial charge in [0.2, 0.25) is 17.7 Å². The number of hydrogen-bond donors (Lipinski definition) is 7. The van der Waals surface area contributed by atoms with Gasteiger partial charge in [0.05, 0.1) is 36.6 Å². The van der Waals surface area contributed by atoms with Crippen LogP contribution in [0.1, 0.15) is 109 Å². The predicted molar refractivity (Wildman–Crippen MR) is 241 cm³/mol. The highest BCUT2D eigenvalue weighted by molar-refractivity contribution is 5.91. The van der Waals surface area contributed by atoms with Crippen LogP contribution in [-0.2, 0) is 32.1 Å². The quantitative estimate of drug-likeness (QED) is 0.0519. The molecule has 2 aliphatic carbocycles. The fourth-order valence-corrected chi connectivity index (χ4v) is 9.29. The molecule has 6 rings (SSSR count). The van der Waals surface area contributed by atoms with Crippen LogP contribution in [-0.4, -0.2) is 85.7 Å². The SMILES string of the molecule is CC[C@H](C)[C@H](NC(=O)[C@@H](CC1CCCCC1)C(O)C(O)[C@H](CC1CCCCC1)NC(=O)[C@H](Cc1cnc[nH]1)NC(=O)COc1cccc2ccccc12)C(=O)NCc1ccccn1. The zero-order valence-corrected chi connectivity index (χ0v) is 36.8. The van der Waals surface area contributed by atoms with E-state index in [9.17, 15) is 29.4 Å². The Balaban J connectivity index is 1.21. The van der Waals surface area contributed by atoms with Crippen LogP contribution in [0.4, 0.5) is 0 Å². The average molecular weight is 866 g/mol. The Labute approximate surface area is 371 Å². The molecule has 4 amide bonds. The van der Waals surface area contributed by atoms with Crippen molar-refractivity contribution in [2.24, 2.45) is 23.7 Å². The lowest BCUT2D eigenvalue weighted by molar-refractivity contribution is -0.140. The van der Waals surface area contributed by atoms with Crippen LogP contribution in [0, 0.1) is 23.7 Å². The van der Waals surface area contributed by atoms with Crippen molar-refractivity contribution in [3.63, 3.8) is 0 Å². The average Bonchev–Trinajstić information content (AvgIpc) is 3.84. The number of aliphatic hydroxyl groups is 2. The molecular weight excluding hydrogens is 799 g/mol. The van der Waals surface area contributed by atoms with E-state index in [-0.39, 0.29) is 43.2 Å². The van der Waals surface area contributed by atoms with Gasteiger partial charge >= 0.3 is 0 Å². The molecule has 4 aromatic rings. The minimum atomic E-state index is -1.57. The van der Waals surface area contributed by atoms with Crippen LogP contribution < -0.4 is 26.0 Å². The Bertz CT molecular complexity index is 2030. The van der Waals surface area contributed by atoms with Crippen molar-refractivity contribution < 1.29 is 34.1 Å². The van der Waals surface area contributed by atoms with E-state index < -0.39 is 54.0 Å². The number of aliphatic hydroxyl groups excluding tert-OH is 2. The molecule has 14 heteroatoms. The summed E-state index contributed by atoms with van der Waals surface area (Å²) in [5.74, 6) is -2.37. The molecule has 2 aromatic heterocycles. The number of carbonyl (C=O) groups excluding carboxylic acids is 4. The lowest BCUT2D eigenvalue weighted by Crippen LogP contribution is -2.59. The van der Waals surface area contributed by atoms with Crippen molar-refractivity contribution in [1.82, 2.24) is 36.2 Å².